The third kappa shape index (κ3) is 2.45. The fourth-order valence-electron chi connectivity index (χ4n) is 1.86. The number of fused-ring (bicyclic) bond motifs is 1. The van der Waals surface area contributed by atoms with E-state index >= 15 is 0 Å². The second kappa shape index (κ2) is 4.90. The van der Waals surface area contributed by atoms with Crippen LogP contribution in [0.5, 0.6) is 11.5 Å². The summed E-state index contributed by atoms with van der Waals surface area (Å²) in [5.74, 6) is 1.36. The van der Waals surface area contributed by atoms with Gasteiger partial charge in [0.25, 0.3) is 0 Å². The van der Waals surface area contributed by atoms with Crippen LogP contribution >= 0.6 is 0 Å². The van der Waals surface area contributed by atoms with Crippen molar-refractivity contribution in [3.63, 3.8) is 0 Å². The lowest BCUT2D eigenvalue weighted by molar-refractivity contribution is 0.112. The van der Waals surface area contributed by atoms with E-state index < -0.39 is 0 Å². The van der Waals surface area contributed by atoms with E-state index in [1.807, 2.05) is 30.3 Å². The minimum Gasteiger partial charge on any atom is -0.456 e. The van der Waals surface area contributed by atoms with Crippen LogP contribution < -0.4 is 4.74 Å². The van der Waals surface area contributed by atoms with E-state index in [1.54, 1.807) is 30.5 Å². The van der Waals surface area contributed by atoms with Crippen molar-refractivity contribution in [1.29, 1.82) is 0 Å². The molecule has 0 saturated heterocycles. The van der Waals surface area contributed by atoms with Gasteiger partial charge in [-0.2, -0.15) is 0 Å². The molecular weight excluding hydrogens is 238 g/mol. The van der Waals surface area contributed by atoms with E-state index in [0.717, 1.165) is 17.2 Å². The predicted molar refractivity (Wildman–Crippen MR) is 73.6 cm³/mol. The van der Waals surface area contributed by atoms with Gasteiger partial charge in [0.15, 0.2) is 0 Å². The average Bonchev–Trinajstić information content (AvgIpc) is 2.48. The molecule has 19 heavy (non-hydrogen) atoms. The van der Waals surface area contributed by atoms with Crippen molar-refractivity contribution in [2.24, 2.45) is 0 Å². The number of hydrogen-bond acceptors (Lipinski definition) is 3. The number of nitrogens with zero attached hydrogens (tertiary/aromatic N) is 1. The first-order chi connectivity index (χ1) is 9.35. The smallest absolute Gasteiger partial charge is 0.150 e. The summed E-state index contributed by atoms with van der Waals surface area (Å²) in [5.41, 5.74) is 1.56. The molecule has 3 heteroatoms. The molecular formula is C16H11NO2. The number of carbonyl (C=O) groups is 1. The Morgan fingerprint density at radius 1 is 0.947 bits per heavy atom. The molecule has 3 aromatic rings. The summed E-state index contributed by atoms with van der Waals surface area (Å²) in [7, 11) is 0. The highest BCUT2D eigenvalue weighted by atomic mass is 16.5. The number of benzene rings is 2. The Balaban J connectivity index is 1.89. The lowest BCUT2D eigenvalue weighted by Crippen LogP contribution is -1.87. The molecule has 0 spiro atoms. The fourth-order valence-corrected chi connectivity index (χ4v) is 1.86. The minimum absolute atomic E-state index is 0.629. The summed E-state index contributed by atoms with van der Waals surface area (Å²) < 4.78 is 5.71. The molecule has 92 valence electrons. The fraction of sp³-hybridized carbons (Fsp3) is 0. The molecule has 0 N–H and O–H groups in total. The van der Waals surface area contributed by atoms with Crippen LogP contribution in [0.15, 0.2) is 60.8 Å². The van der Waals surface area contributed by atoms with Gasteiger partial charge < -0.3 is 4.74 Å². The highest BCUT2D eigenvalue weighted by Gasteiger charge is 2.00. The molecule has 0 aliphatic heterocycles. The van der Waals surface area contributed by atoms with Crippen LogP contribution in [0.3, 0.4) is 0 Å². The molecule has 0 aliphatic rings. The number of aromatic nitrogens is 1. The van der Waals surface area contributed by atoms with Gasteiger partial charge in [-0.3, -0.25) is 9.78 Å². The summed E-state index contributed by atoms with van der Waals surface area (Å²) in [5, 5.41) is 1.03. The van der Waals surface area contributed by atoms with Crippen molar-refractivity contribution in [3.8, 4) is 11.5 Å². The van der Waals surface area contributed by atoms with Gasteiger partial charge in [-0.15, -0.1) is 0 Å². The first-order valence-electron chi connectivity index (χ1n) is 5.93. The standard InChI is InChI=1S/C16H11NO2/c18-11-12-5-7-14(8-6-12)19-15-9-13-3-1-2-4-16(13)17-10-15/h1-11H. The zero-order valence-corrected chi connectivity index (χ0v) is 10.1. The third-order valence-corrected chi connectivity index (χ3v) is 2.82. The lowest BCUT2D eigenvalue weighted by Gasteiger charge is -2.06. The number of ether oxygens (including phenoxy) is 1. The van der Waals surface area contributed by atoms with Crippen LogP contribution in [0, 0.1) is 0 Å². The SMILES string of the molecule is O=Cc1ccc(Oc2cnc3ccccc3c2)cc1. The number of rotatable bonds is 3. The Morgan fingerprint density at radius 3 is 2.53 bits per heavy atom. The monoisotopic (exact) mass is 249 g/mol. The van der Waals surface area contributed by atoms with Crippen molar-refractivity contribution >= 4 is 17.2 Å². The average molecular weight is 249 g/mol. The number of hydrogen-bond donors (Lipinski definition) is 0. The maximum absolute atomic E-state index is 10.6. The largest absolute Gasteiger partial charge is 0.456 e. The molecule has 3 rings (SSSR count). The number of aldehydes is 1. The van der Waals surface area contributed by atoms with E-state index in [4.69, 9.17) is 4.74 Å². The first kappa shape index (κ1) is 11.4. The minimum atomic E-state index is 0.629. The Bertz CT molecular complexity index is 720. The van der Waals surface area contributed by atoms with Crippen molar-refractivity contribution < 1.29 is 9.53 Å². The van der Waals surface area contributed by atoms with Crippen molar-refractivity contribution in [2.75, 3.05) is 0 Å². The first-order valence-corrected chi connectivity index (χ1v) is 5.93. The molecule has 0 atom stereocenters. The zero-order valence-electron chi connectivity index (χ0n) is 10.1. The van der Waals surface area contributed by atoms with Crippen LogP contribution in [0.1, 0.15) is 10.4 Å². The zero-order chi connectivity index (χ0) is 13.1. The van der Waals surface area contributed by atoms with Crippen LogP contribution in [0.25, 0.3) is 10.9 Å². The maximum atomic E-state index is 10.6. The van der Waals surface area contributed by atoms with E-state index in [9.17, 15) is 4.79 Å². The summed E-state index contributed by atoms with van der Waals surface area (Å²) in [6.45, 7) is 0. The van der Waals surface area contributed by atoms with Crippen molar-refractivity contribution in [1.82, 2.24) is 4.98 Å². The summed E-state index contributed by atoms with van der Waals surface area (Å²) in [4.78, 5) is 14.9. The van der Waals surface area contributed by atoms with Crippen molar-refractivity contribution in [3.05, 3.63) is 66.4 Å². The Hall–Kier alpha value is -2.68. The van der Waals surface area contributed by atoms with Gasteiger partial charge in [0.1, 0.15) is 17.8 Å². The number of carbonyl (C=O) groups excluding carboxylic acids is 1. The summed E-state index contributed by atoms with van der Waals surface area (Å²) >= 11 is 0. The second-order valence-corrected chi connectivity index (χ2v) is 4.15. The molecule has 0 aliphatic carbocycles. The van der Waals surface area contributed by atoms with E-state index in [0.29, 0.717) is 17.1 Å². The number of para-hydroxylation sites is 1. The Labute approximate surface area is 110 Å². The summed E-state index contributed by atoms with van der Waals surface area (Å²) in [6.07, 6.45) is 2.50. The van der Waals surface area contributed by atoms with Crippen LogP contribution in [0.2, 0.25) is 0 Å². The van der Waals surface area contributed by atoms with E-state index in [-0.39, 0.29) is 0 Å². The van der Waals surface area contributed by atoms with Crippen LogP contribution in [-0.2, 0) is 0 Å². The van der Waals surface area contributed by atoms with Crippen LogP contribution in [0.4, 0.5) is 0 Å². The topological polar surface area (TPSA) is 39.2 Å². The molecule has 0 bridgehead atoms. The van der Waals surface area contributed by atoms with Gasteiger partial charge in [-0.25, -0.2) is 0 Å². The quantitative estimate of drug-likeness (QED) is 0.662. The molecule has 2 aromatic carbocycles. The lowest BCUT2D eigenvalue weighted by atomic mass is 10.2. The van der Waals surface area contributed by atoms with E-state index in [2.05, 4.69) is 4.98 Å². The molecule has 0 amide bonds. The van der Waals surface area contributed by atoms with Gasteiger partial charge >= 0.3 is 0 Å². The normalized spacial score (nSPS) is 10.3. The molecule has 0 unspecified atom stereocenters. The highest BCUT2D eigenvalue weighted by molar-refractivity contribution is 5.79. The van der Waals surface area contributed by atoms with Gasteiger partial charge in [-0.05, 0) is 36.4 Å². The summed E-state index contributed by atoms with van der Waals surface area (Å²) in [6, 6.07) is 16.8. The van der Waals surface area contributed by atoms with Gasteiger partial charge in [0.2, 0.25) is 0 Å². The third-order valence-electron chi connectivity index (χ3n) is 2.82. The molecule has 0 saturated carbocycles. The van der Waals surface area contributed by atoms with Gasteiger partial charge in [0.05, 0.1) is 11.7 Å². The molecule has 0 fully saturated rings. The maximum Gasteiger partial charge on any atom is 0.150 e. The van der Waals surface area contributed by atoms with Gasteiger partial charge in [0, 0.05) is 10.9 Å². The molecule has 1 aromatic heterocycles. The highest BCUT2D eigenvalue weighted by Crippen LogP contribution is 2.23. The molecule has 1 heterocycles. The van der Waals surface area contributed by atoms with Crippen molar-refractivity contribution in [2.45, 2.75) is 0 Å². The van der Waals surface area contributed by atoms with E-state index in [1.165, 1.54) is 0 Å². The molecule has 0 radical (unpaired) electrons. The van der Waals surface area contributed by atoms with Gasteiger partial charge in [-0.1, -0.05) is 18.2 Å². The van der Waals surface area contributed by atoms with Crippen LogP contribution in [-0.4, -0.2) is 11.3 Å². The Morgan fingerprint density at radius 2 is 1.74 bits per heavy atom. The number of pyridine rings is 1. The molecule has 3 nitrogen and oxygen atoms in total. The predicted octanol–water partition coefficient (Wildman–Crippen LogP) is 3.84. The second-order valence-electron chi connectivity index (χ2n) is 4.15. The Kier molecular flexibility index (Phi) is 2.94.